The SMILES string of the molecule is CNC(=O)c1cc(S(=O)(=O)Nc2ccc(F)cc2)cs1. The van der Waals surface area contributed by atoms with Gasteiger partial charge in [-0.15, -0.1) is 11.3 Å². The summed E-state index contributed by atoms with van der Waals surface area (Å²) in [7, 11) is -2.32. The van der Waals surface area contributed by atoms with Gasteiger partial charge in [0.15, 0.2) is 0 Å². The second kappa shape index (κ2) is 5.59. The van der Waals surface area contributed by atoms with E-state index in [9.17, 15) is 17.6 Å². The van der Waals surface area contributed by atoms with Gasteiger partial charge < -0.3 is 5.32 Å². The maximum absolute atomic E-state index is 12.8. The van der Waals surface area contributed by atoms with Crippen molar-refractivity contribution in [2.24, 2.45) is 0 Å². The standard InChI is InChI=1S/C12H11FN2O3S2/c1-14-12(16)11-6-10(7-19-11)20(17,18)15-9-4-2-8(13)3-5-9/h2-7,15H,1H3,(H,14,16). The van der Waals surface area contributed by atoms with Crippen molar-refractivity contribution in [1.82, 2.24) is 5.32 Å². The second-order valence-corrected chi connectivity index (χ2v) is 6.43. The first-order valence-corrected chi connectivity index (χ1v) is 7.87. The zero-order chi connectivity index (χ0) is 14.8. The van der Waals surface area contributed by atoms with Crippen LogP contribution in [-0.2, 0) is 10.0 Å². The van der Waals surface area contributed by atoms with Crippen LogP contribution in [0.3, 0.4) is 0 Å². The van der Waals surface area contributed by atoms with Gasteiger partial charge in [-0.2, -0.15) is 0 Å². The van der Waals surface area contributed by atoms with Crippen LogP contribution in [0.2, 0.25) is 0 Å². The van der Waals surface area contributed by atoms with E-state index < -0.39 is 15.8 Å². The molecule has 0 bridgehead atoms. The van der Waals surface area contributed by atoms with E-state index in [0.717, 1.165) is 23.5 Å². The molecule has 2 aromatic rings. The van der Waals surface area contributed by atoms with Crippen LogP contribution in [-0.4, -0.2) is 21.4 Å². The topological polar surface area (TPSA) is 75.3 Å². The molecule has 2 N–H and O–H groups in total. The molecule has 0 spiro atoms. The molecule has 5 nitrogen and oxygen atoms in total. The fourth-order valence-electron chi connectivity index (χ4n) is 1.43. The predicted molar refractivity (Wildman–Crippen MR) is 74.9 cm³/mol. The number of sulfonamides is 1. The zero-order valence-corrected chi connectivity index (χ0v) is 12.0. The lowest BCUT2D eigenvalue weighted by atomic mass is 10.3. The van der Waals surface area contributed by atoms with E-state index in [-0.39, 0.29) is 16.5 Å². The molecule has 1 amide bonds. The lowest BCUT2D eigenvalue weighted by molar-refractivity contribution is 0.0967. The summed E-state index contributed by atoms with van der Waals surface area (Å²) in [4.78, 5) is 11.7. The molecule has 0 unspecified atom stereocenters. The fourth-order valence-corrected chi connectivity index (χ4v) is 3.71. The number of amides is 1. The third-order valence-electron chi connectivity index (χ3n) is 2.43. The monoisotopic (exact) mass is 314 g/mol. The lowest BCUT2D eigenvalue weighted by Gasteiger charge is -2.05. The Morgan fingerprint density at radius 2 is 1.90 bits per heavy atom. The van der Waals surface area contributed by atoms with Crippen molar-refractivity contribution < 1.29 is 17.6 Å². The summed E-state index contributed by atoms with van der Waals surface area (Å²) < 4.78 is 39.2. The van der Waals surface area contributed by atoms with Gasteiger partial charge in [-0.1, -0.05) is 0 Å². The number of hydrogen-bond acceptors (Lipinski definition) is 4. The summed E-state index contributed by atoms with van der Waals surface area (Å²) in [5, 5.41) is 3.79. The van der Waals surface area contributed by atoms with Crippen LogP contribution < -0.4 is 10.0 Å². The summed E-state index contributed by atoms with van der Waals surface area (Å²) in [6.07, 6.45) is 0. The van der Waals surface area contributed by atoms with Crippen molar-refractivity contribution in [3.8, 4) is 0 Å². The molecule has 0 saturated carbocycles. The van der Waals surface area contributed by atoms with Crippen LogP contribution >= 0.6 is 11.3 Å². The number of carbonyl (C=O) groups is 1. The van der Waals surface area contributed by atoms with Gasteiger partial charge in [0.1, 0.15) is 5.82 Å². The maximum atomic E-state index is 12.8. The number of hydrogen-bond donors (Lipinski definition) is 2. The Morgan fingerprint density at radius 1 is 1.25 bits per heavy atom. The molecule has 0 aliphatic rings. The molecular formula is C12H11FN2O3S2. The Morgan fingerprint density at radius 3 is 2.50 bits per heavy atom. The first-order valence-electron chi connectivity index (χ1n) is 5.51. The summed E-state index contributed by atoms with van der Waals surface area (Å²) in [6, 6.07) is 6.23. The molecule has 1 aromatic heterocycles. The smallest absolute Gasteiger partial charge is 0.262 e. The minimum absolute atomic E-state index is 0.00887. The summed E-state index contributed by atoms with van der Waals surface area (Å²) in [5.41, 5.74) is 0.249. The van der Waals surface area contributed by atoms with E-state index >= 15 is 0 Å². The van der Waals surface area contributed by atoms with Crippen molar-refractivity contribution in [1.29, 1.82) is 0 Å². The van der Waals surface area contributed by atoms with Gasteiger partial charge in [-0.05, 0) is 30.3 Å². The van der Waals surface area contributed by atoms with E-state index in [1.54, 1.807) is 0 Å². The first kappa shape index (κ1) is 14.5. The summed E-state index contributed by atoms with van der Waals surface area (Å²) in [6.45, 7) is 0. The molecule has 0 radical (unpaired) electrons. The van der Waals surface area contributed by atoms with E-state index in [4.69, 9.17) is 0 Å². The second-order valence-electron chi connectivity index (χ2n) is 3.84. The molecule has 0 fully saturated rings. The van der Waals surface area contributed by atoms with Gasteiger partial charge >= 0.3 is 0 Å². The van der Waals surface area contributed by atoms with Crippen LogP contribution in [0.1, 0.15) is 9.67 Å². The van der Waals surface area contributed by atoms with Crippen LogP contribution in [0, 0.1) is 5.82 Å². The highest BCUT2D eigenvalue weighted by Gasteiger charge is 2.18. The maximum Gasteiger partial charge on any atom is 0.262 e. The van der Waals surface area contributed by atoms with Crippen molar-refractivity contribution >= 4 is 33.0 Å². The minimum Gasteiger partial charge on any atom is -0.354 e. The number of carbonyl (C=O) groups excluding carboxylic acids is 1. The molecule has 0 aliphatic heterocycles. The molecule has 1 heterocycles. The number of halogens is 1. The Balaban J connectivity index is 2.24. The highest BCUT2D eigenvalue weighted by Crippen LogP contribution is 2.22. The van der Waals surface area contributed by atoms with E-state index in [0.29, 0.717) is 4.88 Å². The average Bonchev–Trinajstić information content (AvgIpc) is 2.91. The number of rotatable bonds is 4. The van der Waals surface area contributed by atoms with Gasteiger partial charge in [-0.25, -0.2) is 12.8 Å². The highest BCUT2D eigenvalue weighted by atomic mass is 32.2. The third kappa shape index (κ3) is 3.14. The molecule has 1 aromatic carbocycles. The van der Waals surface area contributed by atoms with Crippen LogP contribution in [0.15, 0.2) is 40.6 Å². The van der Waals surface area contributed by atoms with Gasteiger partial charge in [0, 0.05) is 18.1 Å². The molecular weight excluding hydrogens is 303 g/mol. The molecule has 0 aliphatic carbocycles. The van der Waals surface area contributed by atoms with Crippen LogP contribution in [0.5, 0.6) is 0 Å². The summed E-state index contributed by atoms with van der Waals surface area (Å²) >= 11 is 1.03. The average molecular weight is 314 g/mol. The molecule has 106 valence electrons. The van der Waals surface area contributed by atoms with Crippen molar-refractivity contribution in [3.63, 3.8) is 0 Å². The van der Waals surface area contributed by atoms with E-state index in [2.05, 4.69) is 10.0 Å². The molecule has 2 rings (SSSR count). The van der Waals surface area contributed by atoms with Gasteiger partial charge in [-0.3, -0.25) is 9.52 Å². The Hall–Kier alpha value is -1.93. The number of nitrogens with one attached hydrogen (secondary N) is 2. The van der Waals surface area contributed by atoms with Gasteiger partial charge in [0.05, 0.1) is 9.77 Å². The molecule has 0 saturated heterocycles. The highest BCUT2D eigenvalue weighted by molar-refractivity contribution is 7.92. The number of thiophene rings is 1. The predicted octanol–water partition coefficient (Wildman–Crippen LogP) is 2.05. The van der Waals surface area contributed by atoms with Crippen molar-refractivity contribution in [2.75, 3.05) is 11.8 Å². The summed E-state index contributed by atoms with van der Waals surface area (Å²) in [5.74, 6) is -0.802. The number of benzene rings is 1. The Labute approximate surface area is 119 Å². The molecule has 20 heavy (non-hydrogen) atoms. The van der Waals surface area contributed by atoms with Crippen LogP contribution in [0.25, 0.3) is 0 Å². The molecule has 0 atom stereocenters. The lowest BCUT2D eigenvalue weighted by Crippen LogP contribution is -2.16. The largest absolute Gasteiger partial charge is 0.354 e. The van der Waals surface area contributed by atoms with E-state index in [1.807, 2.05) is 0 Å². The fraction of sp³-hybridized carbons (Fsp3) is 0.0833. The Kier molecular flexibility index (Phi) is 4.05. The Bertz CT molecular complexity index is 723. The quantitative estimate of drug-likeness (QED) is 0.907. The van der Waals surface area contributed by atoms with E-state index in [1.165, 1.54) is 30.6 Å². The van der Waals surface area contributed by atoms with Gasteiger partial charge in [0.25, 0.3) is 15.9 Å². The normalized spacial score (nSPS) is 11.1. The van der Waals surface area contributed by atoms with Crippen molar-refractivity contribution in [2.45, 2.75) is 4.90 Å². The zero-order valence-electron chi connectivity index (χ0n) is 10.4. The number of anilines is 1. The minimum atomic E-state index is -3.79. The van der Waals surface area contributed by atoms with Gasteiger partial charge in [0.2, 0.25) is 0 Å². The van der Waals surface area contributed by atoms with Crippen molar-refractivity contribution in [3.05, 3.63) is 46.4 Å². The molecule has 8 heteroatoms. The first-order chi connectivity index (χ1) is 9.42. The third-order valence-corrected chi connectivity index (χ3v) is 4.87. The van der Waals surface area contributed by atoms with Crippen LogP contribution in [0.4, 0.5) is 10.1 Å².